The summed E-state index contributed by atoms with van der Waals surface area (Å²) in [4.78, 5) is 0. The second-order valence-electron chi connectivity index (χ2n) is 3.94. The second-order valence-corrected chi connectivity index (χ2v) is 4.80. The van der Waals surface area contributed by atoms with Gasteiger partial charge in [-0.1, -0.05) is 15.9 Å². The van der Waals surface area contributed by atoms with Gasteiger partial charge in [0.2, 0.25) is 0 Å². The number of hydrogen-bond donors (Lipinski definition) is 2. The number of piperazine rings is 1. The Bertz CT molecular complexity index is 400. The Balaban J connectivity index is 2.31. The molecule has 2 N–H and O–H groups in total. The number of nitrogens with one attached hydrogen (secondary N) is 2. The van der Waals surface area contributed by atoms with Crippen molar-refractivity contribution in [3.05, 3.63) is 33.8 Å². The van der Waals surface area contributed by atoms with Gasteiger partial charge in [-0.15, -0.1) is 0 Å². The van der Waals surface area contributed by atoms with Crippen LogP contribution in [0, 0.1) is 0 Å². The molecule has 0 amide bonds. The first kappa shape index (κ1) is 12.9. The van der Waals surface area contributed by atoms with Gasteiger partial charge in [-0.05, 0) is 23.8 Å². The maximum atomic E-state index is 12.6. The molecule has 94 valence electrons. The summed E-state index contributed by atoms with van der Waals surface area (Å²) in [6.07, 6.45) is -4.29. The van der Waals surface area contributed by atoms with Crippen molar-refractivity contribution in [3.63, 3.8) is 0 Å². The zero-order valence-electron chi connectivity index (χ0n) is 8.94. The van der Waals surface area contributed by atoms with Crippen LogP contribution in [0.4, 0.5) is 13.2 Å². The minimum Gasteiger partial charge on any atom is -0.314 e. The van der Waals surface area contributed by atoms with Gasteiger partial charge in [0.05, 0.1) is 5.56 Å². The van der Waals surface area contributed by atoms with E-state index in [2.05, 4.69) is 26.6 Å². The highest BCUT2D eigenvalue weighted by Gasteiger charge is 2.31. The third-order valence-corrected chi connectivity index (χ3v) is 3.46. The Hall–Kier alpha value is -0.590. The van der Waals surface area contributed by atoms with E-state index in [4.69, 9.17) is 0 Å². The molecular formula is C11H12BrF3N2. The third-order valence-electron chi connectivity index (χ3n) is 2.74. The van der Waals surface area contributed by atoms with Crippen LogP contribution in [0.5, 0.6) is 0 Å². The summed E-state index contributed by atoms with van der Waals surface area (Å²) in [5.41, 5.74) is 0.0371. The lowest BCUT2D eigenvalue weighted by Gasteiger charge is -2.26. The zero-order valence-corrected chi connectivity index (χ0v) is 10.5. The standard InChI is InChI=1S/C11H12BrF3N2/c12-9-2-1-7(11(13,14)15)5-8(9)10-6-16-3-4-17-10/h1-2,5,10,16-17H,3-4,6H2/t10-/m0/s1. The first-order chi connectivity index (χ1) is 7.98. The summed E-state index contributed by atoms with van der Waals surface area (Å²) in [5, 5.41) is 6.35. The molecule has 0 bridgehead atoms. The Morgan fingerprint density at radius 1 is 1.24 bits per heavy atom. The van der Waals surface area contributed by atoms with Gasteiger partial charge in [-0.25, -0.2) is 0 Å². The molecule has 2 nitrogen and oxygen atoms in total. The van der Waals surface area contributed by atoms with E-state index in [0.29, 0.717) is 16.6 Å². The fourth-order valence-electron chi connectivity index (χ4n) is 1.86. The summed E-state index contributed by atoms with van der Waals surface area (Å²) >= 11 is 3.30. The van der Waals surface area contributed by atoms with Gasteiger partial charge in [-0.2, -0.15) is 13.2 Å². The lowest BCUT2D eigenvalue weighted by molar-refractivity contribution is -0.137. The van der Waals surface area contributed by atoms with Crippen LogP contribution in [0.15, 0.2) is 22.7 Å². The molecule has 1 fully saturated rings. The molecule has 1 aliphatic heterocycles. The highest BCUT2D eigenvalue weighted by molar-refractivity contribution is 9.10. The lowest BCUT2D eigenvalue weighted by atomic mass is 10.0. The van der Waals surface area contributed by atoms with Gasteiger partial charge in [0, 0.05) is 30.1 Å². The van der Waals surface area contributed by atoms with Crippen molar-refractivity contribution >= 4 is 15.9 Å². The molecule has 0 aliphatic carbocycles. The molecule has 1 aromatic carbocycles. The molecule has 0 aromatic heterocycles. The van der Waals surface area contributed by atoms with Crippen molar-refractivity contribution < 1.29 is 13.2 Å². The Labute approximate surface area is 106 Å². The molecule has 1 heterocycles. The average molecular weight is 309 g/mol. The lowest BCUT2D eigenvalue weighted by Crippen LogP contribution is -2.42. The minimum atomic E-state index is -4.29. The van der Waals surface area contributed by atoms with Crippen molar-refractivity contribution in [2.45, 2.75) is 12.2 Å². The monoisotopic (exact) mass is 308 g/mol. The minimum absolute atomic E-state index is 0.0829. The first-order valence-electron chi connectivity index (χ1n) is 5.29. The smallest absolute Gasteiger partial charge is 0.314 e. The molecule has 2 rings (SSSR count). The van der Waals surface area contributed by atoms with Crippen LogP contribution in [0.2, 0.25) is 0 Å². The number of hydrogen-bond acceptors (Lipinski definition) is 2. The topological polar surface area (TPSA) is 24.1 Å². The number of alkyl halides is 3. The first-order valence-corrected chi connectivity index (χ1v) is 6.08. The number of rotatable bonds is 1. The van der Waals surface area contributed by atoms with E-state index in [9.17, 15) is 13.2 Å². The van der Waals surface area contributed by atoms with E-state index < -0.39 is 11.7 Å². The van der Waals surface area contributed by atoms with E-state index in [-0.39, 0.29) is 6.04 Å². The maximum absolute atomic E-state index is 12.6. The second kappa shape index (κ2) is 4.96. The van der Waals surface area contributed by atoms with E-state index >= 15 is 0 Å². The van der Waals surface area contributed by atoms with E-state index in [1.165, 1.54) is 12.1 Å². The van der Waals surface area contributed by atoms with Crippen LogP contribution in [-0.2, 0) is 6.18 Å². The highest BCUT2D eigenvalue weighted by Crippen LogP contribution is 2.34. The SMILES string of the molecule is FC(F)(F)c1ccc(Br)c([C@@H]2CNCCN2)c1. The van der Waals surface area contributed by atoms with Gasteiger partial charge < -0.3 is 10.6 Å². The fourth-order valence-corrected chi connectivity index (χ4v) is 2.38. The van der Waals surface area contributed by atoms with E-state index in [1.807, 2.05) is 0 Å². The molecular weight excluding hydrogens is 297 g/mol. The van der Waals surface area contributed by atoms with Crippen LogP contribution in [0.1, 0.15) is 17.2 Å². The summed E-state index contributed by atoms with van der Waals surface area (Å²) in [6.45, 7) is 2.24. The van der Waals surface area contributed by atoms with Crippen LogP contribution in [-0.4, -0.2) is 19.6 Å². The van der Waals surface area contributed by atoms with Crippen LogP contribution >= 0.6 is 15.9 Å². The Morgan fingerprint density at radius 3 is 2.59 bits per heavy atom. The molecule has 1 atom stereocenters. The van der Waals surface area contributed by atoms with E-state index in [1.54, 1.807) is 0 Å². The summed E-state index contributed by atoms with van der Waals surface area (Å²) in [5.74, 6) is 0. The molecule has 0 spiro atoms. The van der Waals surface area contributed by atoms with Crippen molar-refractivity contribution in [3.8, 4) is 0 Å². The Kier molecular flexibility index (Phi) is 3.75. The van der Waals surface area contributed by atoms with Gasteiger partial charge in [0.15, 0.2) is 0 Å². The van der Waals surface area contributed by atoms with Gasteiger partial charge in [0.25, 0.3) is 0 Å². The zero-order chi connectivity index (χ0) is 12.5. The largest absolute Gasteiger partial charge is 0.416 e. The average Bonchev–Trinajstić information content (AvgIpc) is 2.29. The molecule has 0 unspecified atom stereocenters. The van der Waals surface area contributed by atoms with Crippen LogP contribution < -0.4 is 10.6 Å². The molecule has 1 aromatic rings. The molecule has 6 heteroatoms. The molecule has 17 heavy (non-hydrogen) atoms. The predicted molar refractivity (Wildman–Crippen MR) is 62.8 cm³/mol. The fraction of sp³-hybridized carbons (Fsp3) is 0.455. The van der Waals surface area contributed by atoms with Crippen molar-refractivity contribution in [1.82, 2.24) is 10.6 Å². The number of halogens is 4. The van der Waals surface area contributed by atoms with Gasteiger partial charge >= 0.3 is 6.18 Å². The maximum Gasteiger partial charge on any atom is 0.416 e. The van der Waals surface area contributed by atoms with Crippen LogP contribution in [0.25, 0.3) is 0 Å². The predicted octanol–water partition coefficient (Wildman–Crippen LogP) is 2.70. The van der Waals surface area contributed by atoms with Crippen molar-refractivity contribution in [1.29, 1.82) is 0 Å². The third kappa shape index (κ3) is 3.00. The van der Waals surface area contributed by atoms with Gasteiger partial charge in [0.1, 0.15) is 0 Å². The highest BCUT2D eigenvalue weighted by atomic mass is 79.9. The molecule has 1 aliphatic rings. The quantitative estimate of drug-likeness (QED) is 0.833. The summed E-state index contributed by atoms with van der Waals surface area (Å²) < 4.78 is 38.5. The van der Waals surface area contributed by atoms with Gasteiger partial charge in [-0.3, -0.25) is 0 Å². The van der Waals surface area contributed by atoms with Crippen molar-refractivity contribution in [2.75, 3.05) is 19.6 Å². The molecule has 1 saturated heterocycles. The van der Waals surface area contributed by atoms with Crippen LogP contribution in [0.3, 0.4) is 0 Å². The van der Waals surface area contributed by atoms with E-state index in [0.717, 1.165) is 19.2 Å². The molecule has 0 radical (unpaired) electrons. The van der Waals surface area contributed by atoms with Crippen molar-refractivity contribution in [2.24, 2.45) is 0 Å². The Morgan fingerprint density at radius 2 is 2.00 bits per heavy atom. The number of benzene rings is 1. The summed E-state index contributed by atoms with van der Waals surface area (Å²) in [7, 11) is 0. The normalized spacial score (nSPS) is 21.5. The summed E-state index contributed by atoms with van der Waals surface area (Å²) in [6, 6.07) is 3.66. The molecule has 0 saturated carbocycles.